The van der Waals surface area contributed by atoms with Gasteiger partial charge in [0.25, 0.3) is 0 Å². The van der Waals surface area contributed by atoms with Gasteiger partial charge in [-0.2, -0.15) is 0 Å². The molecule has 2 aromatic rings. The molecule has 3 rings (SSSR count). The second kappa shape index (κ2) is 8.21. The molecule has 132 valence electrons. The molecule has 0 saturated carbocycles. The molecule has 1 aromatic heterocycles. The maximum absolute atomic E-state index is 12.4. The Labute approximate surface area is 149 Å². The molecule has 1 amide bonds. The van der Waals surface area contributed by atoms with Crippen LogP contribution in [0.4, 0.5) is 5.69 Å². The standard InChI is InChI=1S/C20H26N4O/c1-14(17-6-4-9-21-13-17)11-20(25)24-18-7-3-5-16(12-18)19-8-10-22-15(2)23-19/h3,5,7-8,10,12,14,17,21H,4,6,9,11,13H2,1-2H3,(H,24,25). The van der Waals surface area contributed by atoms with Crippen molar-refractivity contribution in [1.82, 2.24) is 15.3 Å². The molecule has 0 aliphatic carbocycles. The number of aromatic nitrogens is 2. The SMILES string of the molecule is Cc1nccc(-c2cccc(NC(=O)CC(C)C3CCCNC3)c2)n1. The number of hydrogen-bond donors (Lipinski definition) is 2. The third kappa shape index (κ3) is 4.86. The van der Waals surface area contributed by atoms with Crippen molar-refractivity contribution in [2.24, 2.45) is 11.8 Å². The fourth-order valence-corrected chi connectivity index (χ4v) is 3.41. The summed E-state index contributed by atoms with van der Waals surface area (Å²) in [6, 6.07) is 9.70. The number of hydrogen-bond acceptors (Lipinski definition) is 4. The quantitative estimate of drug-likeness (QED) is 0.877. The number of piperidine rings is 1. The molecule has 2 N–H and O–H groups in total. The van der Waals surface area contributed by atoms with E-state index in [1.165, 1.54) is 12.8 Å². The Morgan fingerprint density at radius 1 is 1.40 bits per heavy atom. The Kier molecular flexibility index (Phi) is 5.76. The molecule has 2 unspecified atom stereocenters. The number of carbonyl (C=O) groups is 1. The van der Waals surface area contributed by atoms with Crippen molar-refractivity contribution in [3.8, 4) is 11.3 Å². The van der Waals surface area contributed by atoms with Crippen LogP contribution in [0, 0.1) is 18.8 Å². The molecule has 1 fully saturated rings. The molecule has 2 heterocycles. The van der Waals surface area contributed by atoms with Crippen molar-refractivity contribution < 1.29 is 4.79 Å². The minimum Gasteiger partial charge on any atom is -0.326 e. The van der Waals surface area contributed by atoms with Gasteiger partial charge in [0.05, 0.1) is 5.69 Å². The van der Waals surface area contributed by atoms with E-state index in [2.05, 4.69) is 27.5 Å². The molecular weight excluding hydrogens is 312 g/mol. The average molecular weight is 338 g/mol. The predicted octanol–water partition coefficient (Wildman–Crippen LogP) is 3.42. The van der Waals surface area contributed by atoms with Crippen molar-refractivity contribution in [2.45, 2.75) is 33.1 Å². The van der Waals surface area contributed by atoms with E-state index in [4.69, 9.17) is 0 Å². The summed E-state index contributed by atoms with van der Waals surface area (Å²) >= 11 is 0. The molecule has 1 aromatic carbocycles. The summed E-state index contributed by atoms with van der Waals surface area (Å²) in [5, 5.41) is 6.46. The van der Waals surface area contributed by atoms with Gasteiger partial charge >= 0.3 is 0 Å². The van der Waals surface area contributed by atoms with E-state index >= 15 is 0 Å². The zero-order valence-electron chi connectivity index (χ0n) is 15.0. The largest absolute Gasteiger partial charge is 0.326 e. The second-order valence-electron chi connectivity index (χ2n) is 6.91. The number of rotatable bonds is 5. The zero-order chi connectivity index (χ0) is 17.6. The van der Waals surface area contributed by atoms with Gasteiger partial charge in [0.1, 0.15) is 5.82 Å². The van der Waals surface area contributed by atoms with Gasteiger partial charge < -0.3 is 10.6 Å². The topological polar surface area (TPSA) is 66.9 Å². The number of nitrogens with one attached hydrogen (secondary N) is 2. The number of benzene rings is 1. The summed E-state index contributed by atoms with van der Waals surface area (Å²) in [4.78, 5) is 21.0. The molecule has 2 atom stereocenters. The van der Waals surface area contributed by atoms with Crippen molar-refractivity contribution in [3.63, 3.8) is 0 Å². The van der Waals surface area contributed by atoms with Gasteiger partial charge in [-0.1, -0.05) is 19.1 Å². The minimum atomic E-state index is 0.0779. The zero-order valence-corrected chi connectivity index (χ0v) is 15.0. The average Bonchev–Trinajstić information content (AvgIpc) is 2.62. The number of amides is 1. The highest BCUT2D eigenvalue weighted by atomic mass is 16.1. The molecule has 1 aliphatic rings. The minimum absolute atomic E-state index is 0.0779. The normalized spacial score (nSPS) is 18.6. The smallest absolute Gasteiger partial charge is 0.224 e. The van der Waals surface area contributed by atoms with Crippen LogP contribution in [0.2, 0.25) is 0 Å². The van der Waals surface area contributed by atoms with Crippen LogP contribution >= 0.6 is 0 Å². The summed E-state index contributed by atoms with van der Waals surface area (Å²) in [7, 11) is 0. The van der Waals surface area contributed by atoms with E-state index in [-0.39, 0.29) is 5.91 Å². The van der Waals surface area contributed by atoms with Gasteiger partial charge in [0, 0.05) is 23.9 Å². The van der Waals surface area contributed by atoms with E-state index in [1.54, 1.807) is 6.20 Å². The first-order chi connectivity index (χ1) is 12.1. The maximum atomic E-state index is 12.4. The molecule has 0 bridgehead atoms. The highest BCUT2D eigenvalue weighted by Gasteiger charge is 2.22. The Morgan fingerprint density at radius 2 is 2.28 bits per heavy atom. The molecule has 5 nitrogen and oxygen atoms in total. The summed E-state index contributed by atoms with van der Waals surface area (Å²) in [6.07, 6.45) is 4.73. The summed E-state index contributed by atoms with van der Waals surface area (Å²) < 4.78 is 0. The number of carbonyl (C=O) groups excluding carboxylic acids is 1. The lowest BCUT2D eigenvalue weighted by atomic mass is 9.85. The fraction of sp³-hybridized carbons (Fsp3) is 0.450. The highest BCUT2D eigenvalue weighted by Crippen LogP contribution is 2.24. The van der Waals surface area contributed by atoms with E-state index in [1.807, 2.05) is 37.3 Å². The predicted molar refractivity (Wildman–Crippen MR) is 100 cm³/mol. The van der Waals surface area contributed by atoms with Crippen LogP contribution in [0.3, 0.4) is 0 Å². The Bertz CT molecular complexity index is 725. The van der Waals surface area contributed by atoms with Gasteiger partial charge in [-0.25, -0.2) is 9.97 Å². The lowest BCUT2D eigenvalue weighted by molar-refractivity contribution is -0.117. The van der Waals surface area contributed by atoms with Crippen molar-refractivity contribution in [1.29, 1.82) is 0 Å². The van der Waals surface area contributed by atoms with Gasteiger partial charge in [0.2, 0.25) is 5.91 Å². The van der Waals surface area contributed by atoms with Gasteiger partial charge in [-0.05, 0) is 62.9 Å². The summed E-state index contributed by atoms with van der Waals surface area (Å²) in [5.41, 5.74) is 2.66. The van der Waals surface area contributed by atoms with Gasteiger partial charge in [-0.3, -0.25) is 4.79 Å². The van der Waals surface area contributed by atoms with Crippen LogP contribution in [0.5, 0.6) is 0 Å². The monoisotopic (exact) mass is 338 g/mol. The Morgan fingerprint density at radius 3 is 3.04 bits per heavy atom. The first kappa shape index (κ1) is 17.5. The molecule has 0 spiro atoms. The first-order valence-corrected chi connectivity index (χ1v) is 9.02. The van der Waals surface area contributed by atoms with Gasteiger partial charge in [0.15, 0.2) is 0 Å². The van der Waals surface area contributed by atoms with Crippen LogP contribution in [-0.4, -0.2) is 29.0 Å². The third-order valence-electron chi connectivity index (χ3n) is 4.87. The third-order valence-corrected chi connectivity index (χ3v) is 4.87. The first-order valence-electron chi connectivity index (χ1n) is 9.02. The fourth-order valence-electron chi connectivity index (χ4n) is 3.41. The molecule has 1 aliphatic heterocycles. The van der Waals surface area contributed by atoms with E-state index in [0.29, 0.717) is 18.3 Å². The van der Waals surface area contributed by atoms with Crippen LogP contribution in [0.25, 0.3) is 11.3 Å². The van der Waals surface area contributed by atoms with Crippen molar-refractivity contribution in [2.75, 3.05) is 18.4 Å². The number of anilines is 1. The second-order valence-corrected chi connectivity index (χ2v) is 6.91. The van der Waals surface area contributed by atoms with E-state index < -0.39 is 0 Å². The Balaban J connectivity index is 1.62. The highest BCUT2D eigenvalue weighted by molar-refractivity contribution is 5.91. The van der Waals surface area contributed by atoms with E-state index in [0.717, 1.165) is 35.9 Å². The van der Waals surface area contributed by atoms with E-state index in [9.17, 15) is 4.79 Å². The van der Waals surface area contributed by atoms with Crippen LogP contribution < -0.4 is 10.6 Å². The van der Waals surface area contributed by atoms with Crippen LogP contribution in [-0.2, 0) is 4.79 Å². The molecule has 25 heavy (non-hydrogen) atoms. The molecular formula is C20H26N4O. The van der Waals surface area contributed by atoms with Crippen molar-refractivity contribution in [3.05, 3.63) is 42.4 Å². The lowest BCUT2D eigenvalue weighted by Crippen LogP contribution is -2.34. The number of nitrogens with zero attached hydrogens (tertiary/aromatic N) is 2. The summed E-state index contributed by atoms with van der Waals surface area (Å²) in [6.45, 7) is 6.18. The molecule has 1 saturated heterocycles. The van der Waals surface area contributed by atoms with Crippen LogP contribution in [0.1, 0.15) is 32.0 Å². The Hall–Kier alpha value is -2.27. The number of aryl methyl sites for hydroxylation is 1. The van der Waals surface area contributed by atoms with Crippen LogP contribution in [0.15, 0.2) is 36.5 Å². The van der Waals surface area contributed by atoms with Gasteiger partial charge in [-0.15, -0.1) is 0 Å². The summed E-state index contributed by atoms with van der Waals surface area (Å²) in [5.74, 6) is 1.80. The maximum Gasteiger partial charge on any atom is 0.224 e. The lowest BCUT2D eigenvalue weighted by Gasteiger charge is -2.28. The molecule has 0 radical (unpaired) electrons. The van der Waals surface area contributed by atoms with Crippen molar-refractivity contribution >= 4 is 11.6 Å². The molecule has 5 heteroatoms.